The third-order valence-corrected chi connectivity index (χ3v) is 6.44. The van der Waals surface area contributed by atoms with Gasteiger partial charge in [0, 0.05) is 19.6 Å². The third-order valence-electron chi connectivity index (χ3n) is 4.06. The topological polar surface area (TPSA) is 66.5 Å². The minimum absolute atomic E-state index is 0.0614. The van der Waals surface area contributed by atoms with Gasteiger partial charge in [-0.05, 0) is 30.7 Å². The van der Waals surface area contributed by atoms with Crippen LogP contribution in [0.5, 0.6) is 0 Å². The molecule has 0 aromatic heterocycles. The minimum atomic E-state index is -3.65. The molecule has 0 heterocycles. The smallest absolute Gasteiger partial charge is 0.253 e. The first kappa shape index (κ1) is 20.4. The molecule has 140 valence electrons. The van der Waals surface area contributed by atoms with Crippen LogP contribution in [-0.4, -0.2) is 31.7 Å². The predicted octanol–water partition coefficient (Wildman–Crippen LogP) is 3.61. The number of hydrogen-bond acceptors (Lipinski definition) is 3. The van der Waals surface area contributed by atoms with E-state index in [1.807, 2.05) is 31.2 Å². The highest BCUT2D eigenvalue weighted by molar-refractivity contribution is 7.89. The number of carbonyl (C=O) groups is 1. The average molecular weight is 395 g/mol. The summed E-state index contributed by atoms with van der Waals surface area (Å²) in [5.41, 5.74) is 2.20. The van der Waals surface area contributed by atoms with Gasteiger partial charge in [-0.3, -0.25) is 4.79 Å². The van der Waals surface area contributed by atoms with Crippen LogP contribution in [0.2, 0.25) is 5.02 Å². The number of hydrogen-bond donors (Lipinski definition) is 1. The molecule has 2 aromatic carbocycles. The summed E-state index contributed by atoms with van der Waals surface area (Å²) >= 11 is 6.13. The first-order valence-corrected chi connectivity index (χ1v) is 10.2. The van der Waals surface area contributed by atoms with Crippen LogP contribution in [0, 0.1) is 6.92 Å². The quantitative estimate of drug-likeness (QED) is 0.780. The van der Waals surface area contributed by atoms with Crippen LogP contribution in [0.1, 0.15) is 35.3 Å². The average Bonchev–Trinajstić information content (AvgIpc) is 2.60. The molecule has 7 heteroatoms. The van der Waals surface area contributed by atoms with E-state index in [1.54, 1.807) is 13.8 Å². The molecule has 0 radical (unpaired) electrons. The van der Waals surface area contributed by atoms with Gasteiger partial charge in [-0.1, -0.05) is 55.3 Å². The fourth-order valence-corrected chi connectivity index (χ4v) is 4.34. The summed E-state index contributed by atoms with van der Waals surface area (Å²) in [4.78, 5) is 12.6. The highest BCUT2D eigenvalue weighted by Crippen LogP contribution is 2.23. The van der Waals surface area contributed by atoms with Crippen molar-refractivity contribution in [2.75, 3.05) is 13.1 Å². The van der Waals surface area contributed by atoms with Crippen molar-refractivity contribution in [2.24, 2.45) is 0 Å². The lowest BCUT2D eigenvalue weighted by atomic mass is 10.1. The Bertz CT molecular complexity index is 893. The van der Waals surface area contributed by atoms with Crippen LogP contribution >= 0.6 is 11.6 Å². The van der Waals surface area contributed by atoms with Gasteiger partial charge in [0.25, 0.3) is 5.91 Å². The first-order valence-electron chi connectivity index (χ1n) is 8.43. The molecule has 0 unspecified atom stereocenters. The summed E-state index contributed by atoms with van der Waals surface area (Å²) in [6.45, 7) is 6.57. The van der Waals surface area contributed by atoms with E-state index < -0.39 is 15.9 Å². The molecule has 0 aliphatic rings. The zero-order valence-electron chi connectivity index (χ0n) is 15.1. The second-order valence-corrected chi connectivity index (χ2v) is 8.25. The molecule has 1 N–H and O–H groups in total. The lowest BCUT2D eigenvalue weighted by Crippen LogP contribution is -2.31. The zero-order valence-corrected chi connectivity index (χ0v) is 16.7. The number of rotatable bonds is 7. The number of carbonyl (C=O) groups excluding carboxylic acids is 1. The van der Waals surface area contributed by atoms with Crippen LogP contribution in [-0.2, 0) is 16.6 Å². The Kier molecular flexibility index (Phi) is 6.81. The Morgan fingerprint density at radius 1 is 1.12 bits per heavy atom. The number of amides is 1. The number of aryl methyl sites for hydroxylation is 1. The van der Waals surface area contributed by atoms with Crippen molar-refractivity contribution in [2.45, 2.75) is 32.2 Å². The highest BCUT2D eigenvalue weighted by Gasteiger charge is 2.23. The fourth-order valence-electron chi connectivity index (χ4n) is 2.65. The summed E-state index contributed by atoms with van der Waals surface area (Å²) in [5.74, 6) is -0.409. The van der Waals surface area contributed by atoms with E-state index >= 15 is 0 Å². The highest BCUT2D eigenvalue weighted by atomic mass is 35.5. The lowest BCUT2D eigenvalue weighted by Gasteiger charge is -2.19. The molecule has 2 aromatic rings. The van der Waals surface area contributed by atoms with Gasteiger partial charge in [0.1, 0.15) is 0 Å². The number of nitrogens with one attached hydrogen (secondary N) is 1. The van der Waals surface area contributed by atoms with Gasteiger partial charge >= 0.3 is 0 Å². The van der Waals surface area contributed by atoms with E-state index in [0.717, 1.165) is 11.1 Å². The number of benzene rings is 2. The molecule has 0 bridgehead atoms. The fraction of sp³-hybridized carbons (Fsp3) is 0.316. The minimum Gasteiger partial charge on any atom is -0.348 e. The maximum atomic E-state index is 12.6. The first-order chi connectivity index (χ1) is 12.3. The van der Waals surface area contributed by atoms with E-state index in [2.05, 4.69) is 5.32 Å². The van der Waals surface area contributed by atoms with Crippen molar-refractivity contribution in [3.8, 4) is 0 Å². The van der Waals surface area contributed by atoms with Gasteiger partial charge in [-0.2, -0.15) is 4.31 Å². The molecule has 1 amide bonds. The number of sulfonamides is 1. The predicted molar refractivity (Wildman–Crippen MR) is 104 cm³/mol. The van der Waals surface area contributed by atoms with E-state index in [0.29, 0.717) is 19.6 Å². The van der Waals surface area contributed by atoms with Gasteiger partial charge in [0.2, 0.25) is 10.0 Å². The Morgan fingerprint density at radius 2 is 1.81 bits per heavy atom. The van der Waals surface area contributed by atoms with E-state index in [4.69, 9.17) is 11.6 Å². The molecule has 0 aliphatic heterocycles. The second-order valence-electron chi connectivity index (χ2n) is 5.90. The molecule has 0 saturated carbocycles. The van der Waals surface area contributed by atoms with E-state index in [9.17, 15) is 13.2 Å². The summed E-state index contributed by atoms with van der Waals surface area (Å²) in [7, 11) is -3.65. The molecule has 26 heavy (non-hydrogen) atoms. The summed E-state index contributed by atoms with van der Waals surface area (Å²) in [6.07, 6.45) is 0. The van der Waals surface area contributed by atoms with Gasteiger partial charge in [-0.25, -0.2) is 8.42 Å². The van der Waals surface area contributed by atoms with Gasteiger partial charge in [0.05, 0.1) is 15.5 Å². The van der Waals surface area contributed by atoms with Crippen molar-refractivity contribution >= 4 is 27.5 Å². The third kappa shape index (κ3) is 4.63. The molecule has 5 nitrogen and oxygen atoms in total. The van der Waals surface area contributed by atoms with Gasteiger partial charge in [-0.15, -0.1) is 0 Å². The number of nitrogens with zero attached hydrogens (tertiary/aromatic N) is 1. The van der Waals surface area contributed by atoms with Gasteiger partial charge in [0.15, 0.2) is 0 Å². The zero-order chi connectivity index (χ0) is 19.3. The van der Waals surface area contributed by atoms with Crippen molar-refractivity contribution < 1.29 is 13.2 Å². The Hall–Kier alpha value is -1.89. The summed E-state index contributed by atoms with van der Waals surface area (Å²) in [5, 5.41) is 3.00. The van der Waals surface area contributed by atoms with Crippen LogP contribution in [0.3, 0.4) is 0 Å². The molecule has 2 rings (SSSR count). The number of halogens is 1. The molecular weight excluding hydrogens is 372 g/mol. The second kappa shape index (κ2) is 8.66. The largest absolute Gasteiger partial charge is 0.348 e. The standard InChI is InChI=1S/C19H23ClN2O3S/c1-4-22(5-2)26(24,25)16-9-10-18(20)17(12-16)19(23)21-13-15-8-6-7-14(3)11-15/h6-12H,4-5,13H2,1-3H3,(H,21,23). The molecule has 0 atom stereocenters. The molecule has 0 fully saturated rings. The van der Waals surface area contributed by atoms with Crippen molar-refractivity contribution in [1.82, 2.24) is 9.62 Å². The van der Waals surface area contributed by atoms with E-state index in [1.165, 1.54) is 22.5 Å². The van der Waals surface area contributed by atoms with Crippen LogP contribution < -0.4 is 5.32 Å². The van der Waals surface area contributed by atoms with Crippen LogP contribution in [0.4, 0.5) is 0 Å². The lowest BCUT2D eigenvalue weighted by molar-refractivity contribution is 0.0951. The summed E-state index contributed by atoms with van der Waals surface area (Å²) in [6, 6.07) is 12.0. The molecular formula is C19H23ClN2O3S. The molecule has 0 spiro atoms. The van der Waals surface area contributed by atoms with Crippen molar-refractivity contribution in [3.05, 3.63) is 64.2 Å². The maximum Gasteiger partial charge on any atom is 0.253 e. The Balaban J connectivity index is 2.25. The maximum absolute atomic E-state index is 12.6. The monoisotopic (exact) mass is 394 g/mol. The summed E-state index contributed by atoms with van der Waals surface area (Å²) < 4.78 is 26.6. The van der Waals surface area contributed by atoms with Crippen LogP contribution in [0.25, 0.3) is 0 Å². The van der Waals surface area contributed by atoms with E-state index in [-0.39, 0.29) is 15.5 Å². The normalized spacial score (nSPS) is 11.6. The Morgan fingerprint density at radius 3 is 2.42 bits per heavy atom. The Labute approximate surface area is 160 Å². The SMILES string of the molecule is CCN(CC)S(=O)(=O)c1ccc(Cl)c(C(=O)NCc2cccc(C)c2)c1. The van der Waals surface area contributed by atoms with Gasteiger partial charge < -0.3 is 5.32 Å². The van der Waals surface area contributed by atoms with Crippen molar-refractivity contribution in [3.63, 3.8) is 0 Å². The molecule has 0 saturated heterocycles. The van der Waals surface area contributed by atoms with Crippen LogP contribution in [0.15, 0.2) is 47.4 Å². The molecule has 0 aliphatic carbocycles. The van der Waals surface area contributed by atoms with Crippen molar-refractivity contribution in [1.29, 1.82) is 0 Å².